The van der Waals surface area contributed by atoms with Gasteiger partial charge in [-0.2, -0.15) is 0 Å². The Morgan fingerprint density at radius 1 is 1.22 bits per heavy atom. The van der Waals surface area contributed by atoms with E-state index in [1.807, 2.05) is 25.1 Å². The molecule has 1 fully saturated rings. The Kier molecular flexibility index (Phi) is 5.96. The van der Waals surface area contributed by atoms with Gasteiger partial charge in [0.05, 0.1) is 26.5 Å². The number of anilines is 1. The second-order valence-corrected chi connectivity index (χ2v) is 6.77. The molecule has 0 aliphatic carbocycles. The summed E-state index contributed by atoms with van der Waals surface area (Å²) in [5, 5.41) is 2.68. The van der Waals surface area contributed by atoms with Crippen molar-refractivity contribution in [1.82, 2.24) is 4.90 Å². The third-order valence-corrected chi connectivity index (χ3v) is 4.91. The average Bonchev–Trinajstić information content (AvgIpc) is 3.11. The van der Waals surface area contributed by atoms with Gasteiger partial charge in [0.15, 0.2) is 0 Å². The monoisotopic (exact) mass is 372 g/mol. The van der Waals surface area contributed by atoms with Crippen LogP contribution in [0.2, 0.25) is 0 Å². The van der Waals surface area contributed by atoms with Gasteiger partial charge < -0.3 is 14.8 Å². The minimum atomic E-state index is -0.418. The van der Waals surface area contributed by atoms with Crippen LogP contribution in [0.5, 0.6) is 11.5 Å². The molecule has 1 aliphatic heterocycles. The van der Waals surface area contributed by atoms with Crippen LogP contribution in [0.3, 0.4) is 0 Å². The molecule has 6 heteroatoms. The lowest BCUT2D eigenvalue weighted by Gasteiger charge is -2.26. The highest BCUT2D eigenvalue weighted by molar-refractivity contribution is 5.92. The van der Waals surface area contributed by atoms with E-state index in [2.05, 4.69) is 10.2 Å². The zero-order chi connectivity index (χ0) is 19.4. The number of rotatable bonds is 6. The molecule has 5 nitrogen and oxygen atoms in total. The topological polar surface area (TPSA) is 50.8 Å². The van der Waals surface area contributed by atoms with Gasteiger partial charge in [0, 0.05) is 17.7 Å². The highest BCUT2D eigenvalue weighted by Crippen LogP contribution is 2.38. The number of hydrogen-bond donors (Lipinski definition) is 1. The predicted molar refractivity (Wildman–Crippen MR) is 103 cm³/mol. The van der Waals surface area contributed by atoms with Crippen LogP contribution in [-0.2, 0) is 4.79 Å². The summed E-state index contributed by atoms with van der Waals surface area (Å²) in [6.07, 6.45) is 1.93. The Bertz CT molecular complexity index is 825. The molecule has 0 saturated carbocycles. The van der Waals surface area contributed by atoms with E-state index in [0.717, 1.165) is 42.0 Å². The van der Waals surface area contributed by atoms with Crippen LogP contribution in [0, 0.1) is 12.7 Å². The first kappa shape index (κ1) is 19.2. The molecule has 1 amide bonds. The normalized spacial score (nSPS) is 17.0. The van der Waals surface area contributed by atoms with E-state index >= 15 is 0 Å². The van der Waals surface area contributed by atoms with Crippen LogP contribution in [-0.4, -0.2) is 38.1 Å². The number of methoxy groups -OCH3 is 2. The molecule has 1 N–H and O–H groups in total. The Balaban J connectivity index is 1.72. The molecule has 0 spiro atoms. The molecule has 0 aromatic heterocycles. The number of hydrogen-bond acceptors (Lipinski definition) is 4. The van der Waals surface area contributed by atoms with E-state index in [1.165, 1.54) is 6.07 Å². The van der Waals surface area contributed by atoms with Crippen molar-refractivity contribution in [2.45, 2.75) is 25.8 Å². The Labute approximate surface area is 159 Å². The molecule has 1 atom stereocenters. The predicted octanol–water partition coefficient (Wildman–Crippen LogP) is 3.93. The maximum Gasteiger partial charge on any atom is 0.238 e. The lowest BCUT2D eigenvalue weighted by molar-refractivity contribution is -0.117. The molecule has 2 aromatic carbocycles. The van der Waals surface area contributed by atoms with Crippen LogP contribution in [0.25, 0.3) is 0 Å². The van der Waals surface area contributed by atoms with E-state index in [-0.39, 0.29) is 24.2 Å². The molecule has 0 radical (unpaired) electrons. The summed E-state index contributed by atoms with van der Waals surface area (Å²) in [6.45, 7) is 2.82. The summed E-state index contributed by atoms with van der Waals surface area (Å²) in [4.78, 5) is 14.6. The lowest BCUT2D eigenvalue weighted by atomic mass is 10.0. The number of aryl methyl sites for hydroxylation is 1. The highest BCUT2D eigenvalue weighted by atomic mass is 19.1. The average molecular weight is 372 g/mol. The van der Waals surface area contributed by atoms with E-state index in [1.54, 1.807) is 26.4 Å². The minimum absolute atomic E-state index is 0.0828. The number of halogens is 1. The number of nitrogens with one attached hydrogen (secondary N) is 1. The fourth-order valence-electron chi connectivity index (χ4n) is 3.56. The molecule has 27 heavy (non-hydrogen) atoms. The smallest absolute Gasteiger partial charge is 0.238 e. The summed E-state index contributed by atoms with van der Waals surface area (Å²) in [5.41, 5.74) is 2.06. The van der Waals surface area contributed by atoms with Crippen molar-refractivity contribution >= 4 is 11.6 Å². The molecular weight excluding hydrogens is 347 g/mol. The van der Waals surface area contributed by atoms with Crippen LogP contribution in [0.15, 0.2) is 36.4 Å². The summed E-state index contributed by atoms with van der Waals surface area (Å²) in [7, 11) is 3.25. The first-order valence-corrected chi connectivity index (χ1v) is 9.04. The summed E-state index contributed by atoms with van der Waals surface area (Å²) >= 11 is 0. The van der Waals surface area contributed by atoms with Gasteiger partial charge in [0.2, 0.25) is 5.91 Å². The lowest BCUT2D eigenvalue weighted by Crippen LogP contribution is -2.33. The van der Waals surface area contributed by atoms with Crippen LogP contribution in [0.1, 0.15) is 30.0 Å². The van der Waals surface area contributed by atoms with Gasteiger partial charge in [-0.1, -0.05) is 12.1 Å². The van der Waals surface area contributed by atoms with Gasteiger partial charge in [0.1, 0.15) is 17.3 Å². The van der Waals surface area contributed by atoms with Crippen molar-refractivity contribution < 1.29 is 18.7 Å². The Morgan fingerprint density at radius 2 is 2.04 bits per heavy atom. The molecule has 2 aromatic rings. The van der Waals surface area contributed by atoms with Gasteiger partial charge in [-0.25, -0.2) is 4.39 Å². The second-order valence-electron chi connectivity index (χ2n) is 6.77. The number of carbonyl (C=O) groups excluding carboxylic acids is 1. The SMILES string of the molecule is COc1ccc([C@@H]2CCCN2CC(=O)Nc2ccc(C)cc2F)c(OC)c1. The van der Waals surface area contributed by atoms with Crippen molar-refractivity contribution in [1.29, 1.82) is 0 Å². The summed E-state index contributed by atoms with van der Waals surface area (Å²) < 4.78 is 24.8. The summed E-state index contributed by atoms with van der Waals surface area (Å²) in [6, 6.07) is 10.6. The fourth-order valence-corrected chi connectivity index (χ4v) is 3.56. The van der Waals surface area contributed by atoms with Crippen molar-refractivity contribution in [3.05, 3.63) is 53.3 Å². The Hall–Kier alpha value is -2.60. The third kappa shape index (κ3) is 4.39. The maximum atomic E-state index is 14.0. The van der Waals surface area contributed by atoms with Crippen LogP contribution < -0.4 is 14.8 Å². The number of benzene rings is 2. The zero-order valence-electron chi connectivity index (χ0n) is 15.9. The molecule has 0 bridgehead atoms. The van der Waals surface area contributed by atoms with Gasteiger partial charge in [0.25, 0.3) is 0 Å². The minimum Gasteiger partial charge on any atom is -0.497 e. The third-order valence-electron chi connectivity index (χ3n) is 4.91. The van der Waals surface area contributed by atoms with Crippen molar-refractivity contribution in [2.24, 2.45) is 0 Å². The molecule has 0 unspecified atom stereocenters. The largest absolute Gasteiger partial charge is 0.497 e. The molecule has 1 saturated heterocycles. The number of amides is 1. The highest BCUT2D eigenvalue weighted by Gasteiger charge is 2.30. The quantitative estimate of drug-likeness (QED) is 0.835. The molecule has 1 aliphatic rings. The Morgan fingerprint density at radius 3 is 2.74 bits per heavy atom. The van der Waals surface area contributed by atoms with E-state index in [0.29, 0.717) is 0 Å². The number of carbonyl (C=O) groups is 1. The van der Waals surface area contributed by atoms with Gasteiger partial charge >= 0.3 is 0 Å². The molecule has 1 heterocycles. The van der Waals surface area contributed by atoms with E-state index in [4.69, 9.17) is 9.47 Å². The number of nitrogens with zero attached hydrogens (tertiary/aromatic N) is 1. The fraction of sp³-hybridized carbons (Fsp3) is 0.381. The van der Waals surface area contributed by atoms with E-state index in [9.17, 15) is 9.18 Å². The standard InChI is InChI=1S/C21H25FN2O3/c1-14-6-9-18(17(22)11-14)23-21(25)13-24-10-4-5-19(24)16-8-7-15(26-2)12-20(16)27-3/h6-9,11-12,19H,4-5,10,13H2,1-3H3,(H,23,25)/t19-/m0/s1. The number of likely N-dealkylation sites (tertiary alicyclic amines) is 1. The van der Waals surface area contributed by atoms with Crippen LogP contribution in [0.4, 0.5) is 10.1 Å². The second kappa shape index (κ2) is 8.39. The van der Waals surface area contributed by atoms with Crippen molar-refractivity contribution in [2.75, 3.05) is 32.6 Å². The van der Waals surface area contributed by atoms with Crippen molar-refractivity contribution in [3.8, 4) is 11.5 Å². The van der Waals surface area contributed by atoms with E-state index < -0.39 is 5.82 Å². The summed E-state index contributed by atoms with van der Waals surface area (Å²) in [5.74, 6) is 0.833. The number of ether oxygens (including phenoxy) is 2. The molecule has 144 valence electrons. The van der Waals surface area contributed by atoms with Gasteiger partial charge in [-0.15, -0.1) is 0 Å². The zero-order valence-corrected chi connectivity index (χ0v) is 15.9. The molecule has 3 rings (SSSR count). The van der Waals surface area contributed by atoms with Gasteiger partial charge in [-0.3, -0.25) is 9.69 Å². The first-order chi connectivity index (χ1) is 13.0. The first-order valence-electron chi connectivity index (χ1n) is 9.04. The molecular formula is C21H25FN2O3. The van der Waals surface area contributed by atoms with Crippen LogP contribution >= 0.6 is 0 Å². The van der Waals surface area contributed by atoms with Gasteiger partial charge in [-0.05, 0) is 50.1 Å². The maximum absolute atomic E-state index is 14.0. The van der Waals surface area contributed by atoms with Crippen molar-refractivity contribution in [3.63, 3.8) is 0 Å².